The second-order valence-electron chi connectivity index (χ2n) is 8.03. The molecule has 12 nitrogen and oxygen atoms in total. The van der Waals surface area contributed by atoms with E-state index in [2.05, 4.69) is 20.3 Å². The van der Waals surface area contributed by atoms with Crippen molar-refractivity contribution in [1.29, 1.82) is 0 Å². The highest BCUT2D eigenvalue weighted by Crippen LogP contribution is 2.34. The van der Waals surface area contributed by atoms with Gasteiger partial charge >= 0.3 is 6.09 Å². The predicted molar refractivity (Wildman–Crippen MR) is 129 cm³/mol. The Morgan fingerprint density at radius 1 is 1.06 bits per heavy atom. The first kappa shape index (κ1) is 23.6. The van der Waals surface area contributed by atoms with Crippen LogP contribution in [0.2, 0.25) is 0 Å². The molecule has 0 aliphatic carbocycles. The average molecular weight is 492 g/mol. The van der Waals surface area contributed by atoms with Crippen molar-refractivity contribution >= 4 is 34.6 Å². The van der Waals surface area contributed by atoms with Crippen LogP contribution in [0.1, 0.15) is 6.23 Å². The largest absolute Gasteiger partial charge is 0.425 e. The summed E-state index contributed by atoms with van der Waals surface area (Å²) in [6.07, 6.45) is -4.08. The number of hydrogen-bond donors (Lipinski definition) is 4. The lowest BCUT2D eigenvalue weighted by atomic mass is 10.1. The van der Waals surface area contributed by atoms with Crippen LogP contribution < -0.4 is 15.0 Å². The van der Waals surface area contributed by atoms with Crippen LogP contribution in [0, 0.1) is 0 Å². The van der Waals surface area contributed by atoms with E-state index in [1.165, 1.54) is 15.8 Å². The van der Waals surface area contributed by atoms with Crippen molar-refractivity contribution in [3.8, 4) is 5.88 Å². The number of aromatic nitrogens is 4. The van der Waals surface area contributed by atoms with E-state index in [4.69, 9.17) is 9.47 Å². The Morgan fingerprint density at radius 3 is 2.25 bits per heavy atom. The molecule has 1 amide bonds. The van der Waals surface area contributed by atoms with Gasteiger partial charge in [-0.15, -0.1) is 0 Å². The topological polar surface area (TPSA) is 155 Å². The minimum absolute atomic E-state index is 0.114. The fourth-order valence-corrected chi connectivity index (χ4v) is 4.01. The van der Waals surface area contributed by atoms with Gasteiger partial charge in [-0.2, -0.15) is 9.97 Å². The van der Waals surface area contributed by atoms with Gasteiger partial charge in [-0.25, -0.2) is 14.7 Å². The van der Waals surface area contributed by atoms with Gasteiger partial charge in [0.1, 0.15) is 18.3 Å². The van der Waals surface area contributed by atoms with Gasteiger partial charge in [0.15, 0.2) is 17.4 Å². The summed E-state index contributed by atoms with van der Waals surface area (Å²) in [5.41, 5.74) is 1.51. The second kappa shape index (κ2) is 9.87. The highest BCUT2D eigenvalue weighted by atomic mass is 16.6. The maximum Gasteiger partial charge on any atom is 0.425 e. The molecular formula is C24H24N6O6. The first-order valence-electron chi connectivity index (χ1n) is 11.2. The Kier molecular flexibility index (Phi) is 6.48. The molecule has 4 N–H and O–H groups in total. The van der Waals surface area contributed by atoms with E-state index in [0.717, 1.165) is 0 Å². The summed E-state index contributed by atoms with van der Waals surface area (Å²) in [6.45, 7) is -0.476. The zero-order valence-corrected chi connectivity index (χ0v) is 19.2. The van der Waals surface area contributed by atoms with Gasteiger partial charge in [-0.05, 0) is 24.3 Å². The van der Waals surface area contributed by atoms with Crippen molar-refractivity contribution in [1.82, 2.24) is 19.5 Å². The number of carbonyl (C=O) groups is 1. The van der Waals surface area contributed by atoms with Crippen molar-refractivity contribution in [2.45, 2.75) is 24.5 Å². The molecule has 0 bridgehead atoms. The average Bonchev–Trinajstić information content (AvgIpc) is 3.45. The van der Waals surface area contributed by atoms with Crippen LogP contribution in [0.15, 0.2) is 67.0 Å². The molecule has 0 spiro atoms. The minimum atomic E-state index is -1.34. The molecule has 0 radical (unpaired) electrons. The fraction of sp³-hybridized carbons (Fsp3) is 0.250. The van der Waals surface area contributed by atoms with Gasteiger partial charge in [0.05, 0.1) is 24.3 Å². The first-order chi connectivity index (χ1) is 17.5. The number of imidazole rings is 1. The van der Waals surface area contributed by atoms with Gasteiger partial charge in [0, 0.05) is 7.05 Å². The quantitative estimate of drug-likeness (QED) is 0.313. The zero-order valence-electron chi connectivity index (χ0n) is 19.2. The number of rotatable bonds is 6. The number of ether oxygens (including phenoxy) is 2. The monoisotopic (exact) mass is 492 g/mol. The van der Waals surface area contributed by atoms with Crippen LogP contribution in [0.5, 0.6) is 5.88 Å². The lowest BCUT2D eigenvalue weighted by molar-refractivity contribution is -0.0511. The molecule has 4 aromatic rings. The van der Waals surface area contributed by atoms with Gasteiger partial charge in [-0.1, -0.05) is 36.4 Å². The number of amides is 1. The Bertz CT molecular complexity index is 1310. The van der Waals surface area contributed by atoms with Crippen molar-refractivity contribution < 1.29 is 29.6 Å². The van der Waals surface area contributed by atoms with Crippen LogP contribution in [0.25, 0.3) is 11.2 Å². The van der Waals surface area contributed by atoms with Crippen molar-refractivity contribution in [2.75, 3.05) is 23.9 Å². The van der Waals surface area contributed by atoms with Crippen molar-refractivity contribution in [3.05, 3.63) is 67.0 Å². The van der Waals surface area contributed by atoms with E-state index in [9.17, 15) is 20.1 Å². The smallest absolute Gasteiger partial charge is 0.394 e. The number of anilines is 3. The third-order valence-electron chi connectivity index (χ3n) is 5.80. The summed E-state index contributed by atoms with van der Waals surface area (Å²) in [5, 5.41) is 32.9. The molecule has 1 aliphatic rings. The highest BCUT2D eigenvalue weighted by Gasteiger charge is 2.44. The predicted octanol–water partition coefficient (Wildman–Crippen LogP) is 1.82. The zero-order chi connectivity index (χ0) is 25.2. The summed E-state index contributed by atoms with van der Waals surface area (Å²) < 4.78 is 12.7. The van der Waals surface area contributed by atoms with E-state index >= 15 is 0 Å². The number of fused-ring (bicyclic) bond motifs is 1. The van der Waals surface area contributed by atoms with Crippen LogP contribution in [-0.2, 0) is 4.74 Å². The summed E-state index contributed by atoms with van der Waals surface area (Å²) >= 11 is 0. The van der Waals surface area contributed by atoms with Crippen LogP contribution in [-0.4, -0.2) is 72.9 Å². The number of para-hydroxylation sites is 2. The van der Waals surface area contributed by atoms with Crippen molar-refractivity contribution in [2.24, 2.45) is 0 Å². The molecule has 2 aromatic heterocycles. The molecule has 2 aromatic carbocycles. The Morgan fingerprint density at radius 2 is 1.69 bits per heavy atom. The Balaban J connectivity index is 1.53. The molecule has 186 valence electrons. The molecule has 3 heterocycles. The fourth-order valence-electron chi connectivity index (χ4n) is 4.01. The SMILES string of the molecule is CNc1nc(OC(=O)N(c2ccccc2)c2ccccc2)c2ncn([C@@H]3O[C@H](CO)C(O)[C@@H]3O)c2n1. The highest BCUT2D eigenvalue weighted by molar-refractivity contribution is 5.98. The summed E-state index contributed by atoms with van der Waals surface area (Å²) in [5.74, 6) is 0.0153. The Labute approximate surface area is 205 Å². The van der Waals surface area contributed by atoms with E-state index in [-0.39, 0.29) is 23.0 Å². The minimum Gasteiger partial charge on any atom is -0.394 e. The standard InChI is InChI=1S/C24H24N6O6/c1-25-23-27-20-17(26-13-29(20)22-19(33)18(32)16(12-31)35-22)21(28-23)36-24(34)30(14-8-4-2-5-9-14)15-10-6-3-7-11-15/h2-11,13,16,18-19,22,31-33H,12H2,1H3,(H,25,27,28)/t16-,18?,19+,22-/m1/s1. The third-order valence-corrected chi connectivity index (χ3v) is 5.80. The maximum atomic E-state index is 13.5. The number of nitrogens with one attached hydrogen (secondary N) is 1. The maximum absolute atomic E-state index is 13.5. The number of hydrogen-bond acceptors (Lipinski definition) is 10. The molecule has 5 rings (SSSR count). The van der Waals surface area contributed by atoms with E-state index < -0.39 is 37.2 Å². The number of aliphatic hydroxyl groups is 3. The molecule has 1 unspecified atom stereocenters. The Hall–Kier alpha value is -4.10. The second-order valence-corrected chi connectivity index (χ2v) is 8.03. The third kappa shape index (κ3) is 4.22. The van der Waals surface area contributed by atoms with E-state index in [1.54, 1.807) is 31.3 Å². The van der Waals surface area contributed by atoms with Gasteiger partial charge in [0.25, 0.3) is 5.88 Å². The molecule has 1 fully saturated rings. The van der Waals surface area contributed by atoms with Crippen LogP contribution in [0.3, 0.4) is 0 Å². The van der Waals surface area contributed by atoms with Crippen LogP contribution >= 0.6 is 0 Å². The van der Waals surface area contributed by atoms with Crippen LogP contribution in [0.4, 0.5) is 22.1 Å². The molecule has 12 heteroatoms. The van der Waals surface area contributed by atoms with Gasteiger partial charge in [0.2, 0.25) is 5.95 Å². The molecule has 1 saturated heterocycles. The summed E-state index contributed by atoms with van der Waals surface area (Å²) in [7, 11) is 1.60. The van der Waals surface area contributed by atoms with E-state index in [1.807, 2.05) is 36.4 Å². The lowest BCUT2D eigenvalue weighted by Gasteiger charge is -2.22. The summed E-state index contributed by atoms with van der Waals surface area (Å²) in [6, 6.07) is 18.0. The first-order valence-corrected chi connectivity index (χ1v) is 11.2. The van der Waals surface area contributed by atoms with Gasteiger partial charge < -0.3 is 30.1 Å². The molecular weight excluding hydrogens is 468 g/mol. The number of carbonyl (C=O) groups excluding carboxylic acids is 1. The number of benzene rings is 2. The van der Waals surface area contributed by atoms with E-state index in [0.29, 0.717) is 11.4 Å². The normalized spacial score (nSPS) is 21.4. The lowest BCUT2D eigenvalue weighted by Crippen LogP contribution is -2.33. The molecule has 36 heavy (non-hydrogen) atoms. The van der Waals surface area contributed by atoms with Crippen molar-refractivity contribution in [3.63, 3.8) is 0 Å². The van der Waals surface area contributed by atoms with Gasteiger partial charge in [-0.3, -0.25) is 4.57 Å². The molecule has 0 saturated carbocycles. The number of aliphatic hydroxyl groups excluding tert-OH is 3. The molecule has 4 atom stereocenters. The molecule has 1 aliphatic heterocycles. The number of nitrogens with zero attached hydrogens (tertiary/aromatic N) is 5. The summed E-state index contributed by atoms with van der Waals surface area (Å²) in [4.78, 5) is 27.8.